The SMILES string of the molecule is CCc1nc(C=O)cs1.CNC1CCC(=O)NC1=O. The van der Waals surface area contributed by atoms with Gasteiger partial charge >= 0.3 is 0 Å². The second kappa shape index (κ2) is 7.75. The van der Waals surface area contributed by atoms with Crippen LogP contribution >= 0.6 is 11.3 Å². The number of aryl methyl sites for hydroxylation is 1. The molecule has 0 spiro atoms. The van der Waals surface area contributed by atoms with E-state index in [0.29, 0.717) is 18.5 Å². The number of thiazole rings is 1. The Bertz CT molecular complexity index is 459. The fourth-order valence-electron chi connectivity index (χ4n) is 1.51. The second-order valence-corrected chi connectivity index (χ2v) is 4.87. The Balaban J connectivity index is 0.000000191. The Labute approximate surface area is 115 Å². The molecule has 0 bridgehead atoms. The molecular weight excluding hydrogens is 266 g/mol. The van der Waals surface area contributed by atoms with Crippen molar-refractivity contribution in [2.45, 2.75) is 32.2 Å². The van der Waals surface area contributed by atoms with E-state index in [2.05, 4.69) is 15.6 Å². The standard InChI is InChI=1S/C6H10N2O2.C6H7NOS/c1-7-4-2-3-5(9)8-6(4)10;1-2-6-7-5(3-8)4-9-6/h4,7H,2-3H2,1H3,(H,8,9,10);3-4H,2H2,1H3. The molecule has 1 atom stereocenters. The van der Waals surface area contributed by atoms with Gasteiger partial charge in [0.05, 0.1) is 11.0 Å². The number of aromatic nitrogens is 1. The van der Waals surface area contributed by atoms with Crippen molar-refractivity contribution >= 4 is 29.4 Å². The largest absolute Gasteiger partial charge is 0.309 e. The van der Waals surface area contributed by atoms with Crippen LogP contribution in [-0.4, -0.2) is 36.2 Å². The van der Waals surface area contributed by atoms with Crippen molar-refractivity contribution in [1.82, 2.24) is 15.6 Å². The van der Waals surface area contributed by atoms with Gasteiger partial charge in [0.15, 0.2) is 6.29 Å². The first-order valence-electron chi connectivity index (χ1n) is 6.01. The molecule has 2 heterocycles. The topological polar surface area (TPSA) is 88.2 Å². The Kier molecular flexibility index (Phi) is 6.31. The van der Waals surface area contributed by atoms with Gasteiger partial charge in [-0.1, -0.05) is 6.92 Å². The maximum absolute atomic E-state index is 10.8. The van der Waals surface area contributed by atoms with Crippen molar-refractivity contribution in [3.05, 3.63) is 16.1 Å². The van der Waals surface area contributed by atoms with Crippen LogP contribution in [0.25, 0.3) is 0 Å². The molecular formula is C12H17N3O3S. The zero-order chi connectivity index (χ0) is 14.3. The number of aldehydes is 1. The summed E-state index contributed by atoms with van der Waals surface area (Å²) in [5.41, 5.74) is 0.553. The quantitative estimate of drug-likeness (QED) is 0.624. The highest BCUT2D eigenvalue weighted by Gasteiger charge is 2.24. The van der Waals surface area contributed by atoms with Gasteiger partial charge in [-0.05, 0) is 19.9 Å². The summed E-state index contributed by atoms with van der Waals surface area (Å²) in [5, 5.41) is 7.84. The average Bonchev–Trinajstić information content (AvgIpc) is 2.87. The summed E-state index contributed by atoms with van der Waals surface area (Å²) in [4.78, 5) is 35.5. The van der Waals surface area contributed by atoms with Gasteiger partial charge in [-0.3, -0.25) is 19.7 Å². The van der Waals surface area contributed by atoms with Crippen molar-refractivity contribution in [2.24, 2.45) is 0 Å². The normalized spacial score (nSPS) is 18.3. The van der Waals surface area contributed by atoms with Crippen molar-refractivity contribution in [3.8, 4) is 0 Å². The number of likely N-dealkylation sites (N-methyl/N-ethyl adjacent to an activating group) is 1. The highest BCUT2D eigenvalue weighted by molar-refractivity contribution is 7.09. The molecule has 1 aliphatic rings. The van der Waals surface area contributed by atoms with E-state index in [1.165, 1.54) is 11.3 Å². The molecule has 0 aliphatic carbocycles. The van der Waals surface area contributed by atoms with E-state index in [9.17, 15) is 14.4 Å². The lowest BCUT2D eigenvalue weighted by molar-refractivity contribution is -0.134. The fourth-order valence-corrected chi connectivity index (χ4v) is 2.20. The number of rotatable bonds is 3. The van der Waals surface area contributed by atoms with Crippen molar-refractivity contribution in [3.63, 3.8) is 0 Å². The molecule has 2 N–H and O–H groups in total. The summed E-state index contributed by atoms with van der Waals surface area (Å²) in [7, 11) is 1.71. The van der Waals surface area contributed by atoms with E-state index in [-0.39, 0.29) is 17.9 Å². The predicted molar refractivity (Wildman–Crippen MR) is 72.1 cm³/mol. The molecule has 1 aliphatic heterocycles. The van der Waals surface area contributed by atoms with Gasteiger partial charge < -0.3 is 5.32 Å². The molecule has 1 saturated heterocycles. The molecule has 0 aromatic carbocycles. The van der Waals surface area contributed by atoms with Gasteiger partial charge in [0.1, 0.15) is 5.69 Å². The molecule has 2 rings (SSSR count). The highest BCUT2D eigenvalue weighted by Crippen LogP contribution is 2.07. The third-order valence-corrected chi connectivity index (χ3v) is 3.59. The first-order chi connectivity index (χ1) is 9.10. The molecule has 104 valence electrons. The van der Waals surface area contributed by atoms with E-state index in [1.807, 2.05) is 6.92 Å². The molecule has 0 saturated carbocycles. The molecule has 6 nitrogen and oxygen atoms in total. The van der Waals surface area contributed by atoms with Crippen molar-refractivity contribution in [2.75, 3.05) is 7.05 Å². The van der Waals surface area contributed by atoms with Gasteiger partial charge in [0, 0.05) is 11.8 Å². The Morgan fingerprint density at radius 3 is 2.74 bits per heavy atom. The van der Waals surface area contributed by atoms with E-state index in [4.69, 9.17) is 0 Å². The van der Waals surface area contributed by atoms with Crippen molar-refractivity contribution < 1.29 is 14.4 Å². The van der Waals surface area contributed by atoms with Crippen LogP contribution in [0.15, 0.2) is 5.38 Å². The number of hydrogen-bond donors (Lipinski definition) is 2. The first kappa shape index (κ1) is 15.5. The summed E-state index contributed by atoms with van der Waals surface area (Å²) >= 11 is 1.53. The van der Waals surface area contributed by atoms with E-state index in [0.717, 1.165) is 17.7 Å². The number of imide groups is 1. The summed E-state index contributed by atoms with van der Waals surface area (Å²) in [6.07, 6.45) is 2.74. The Morgan fingerprint density at radius 2 is 2.32 bits per heavy atom. The number of hydrogen-bond acceptors (Lipinski definition) is 6. The number of piperidine rings is 1. The third-order valence-electron chi connectivity index (χ3n) is 2.58. The van der Waals surface area contributed by atoms with E-state index < -0.39 is 0 Å². The fraction of sp³-hybridized carbons (Fsp3) is 0.500. The van der Waals surface area contributed by atoms with Gasteiger partial charge in [-0.15, -0.1) is 11.3 Å². The smallest absolute Gasteiger partial charge is 0.243 e. The van der Waals surface area contributed by atoms with Crippen LogP contribution in [0.2, 0.25) is 0 Å². The minimum Gasteiger partial charge on any atom is -0.309 e. The number of carbonyl (C=O) groups excluding carboxylic acids is 3. The second-order valence-electron chi connectivity index (χ2n) is 3.93. The van der Waals surface area contributed by atoms with Crippen LogP contribution < -0.4 is 10.6 Å². The minimum absolute atomic E-state index is 0.170. The number of carbonyl (C=O) groups is 3. The van der Waals surface area contributed by atoms with Gasteiger partial charge in [0.25, 0.3) is 0 Å². The first-order valence-corrected chi connectivity index (χ1v) is 6.89. The highest BCUT2D eigenvalue weighted by atomic mass is 32.1. The molecule has 7 heteroatoms. The molecule has 0 radical (unpaired) electrons. The number of nitrogens with one attached hydrogen (secondary N) is 2. The van der Waals surface area contributed by atoms with E-state index >= 15 is 0 Å². The van der Waals surface area contributed by atoms with Crippen LogP contribution in [0.5, 0.6) is 0 Å². The van der Waals surface area contributed by atoms with Crippen molar-refractivity contribution in [1.29, 1.82) is 0 Å². The minimum atomic E-state index is -0.209. The summed E-state index contributed by atoms with van der Waals surface area (Å²) in [6.45, 7) is 2.02. The average molecular weight is 283 g/mol. The number of nitrogens with zero attached hydrogens (tertiary/aromatic N) is 1. The Morgan fingerprint density at radius 1 is 1.58 bits per heavy atom. The van der Waals surface area contributed by atoms with Gasteiger partial charge in [0.2, 0.25) is 11.8 Å². The van der Waals surface area contributed by atoms with Gasteiger partial charge in [-0.2, -0.15) is 0 Å². The zero-order valence-corrected chi connectivity index (χ0v) is 11.8. The van der Waals surface area contributed by atoms with E-state index in [1.54, 1.807) is 12.4 Å². The summed E-state index contributed by atoms with van der Waals surface area (Å²) < 4.78 is 0. The summed E-state index contributed by atoms with van der Waals surface area (Å²) in [6, 6.07) is -0.183. The number of amides is 2. The third kappa shape index (κ3) is 4.88. The maximum Gasteiger partial charge on any atom is 0.243 e. The van der Waals surface area contributed by atoms with Crippen LogP contribution in [0.4, 0.5) is 0 Å². The lowest BCUT2D eigenvalue weighted by atomic mass is 10.1. The van der Waals surface area contributed by atoms with Crippen LogP contribution in [0.3, 0.4) is 0 Å². The van der Waals surface area contributed by atoms with Crippen LogP contribution in [0.1, 0.15) is 35.3 Å². The predicted octanol–water partition coefficient (Wildman–Crippen LogP) is 0.529. The van der Waals surface area contributed by atoms with Crippen LogP contribution in [0, 0.1) is 0 Å². The van der Waals surface area contributed by atoms with Crippen LogP contribution in [-0.2, 0) is 16.0 Å². The zero-order valence-electron chi connectivity index (χ0n) is 10.9. The molecule has 1 fully saturated rings. The molecule has 1 unspecified atom stereocenters. The lowest BCUT2D eigenvalue weighted by Gasteiger charge is -2.19. The molecule has 19 heavy (non-hydrogen) atoms. The Hall–Kier alpha value is -1.60. The lowest BCUT2D eigenvalue weighted by Crippen LogP contribution is -2.49. The maximum atomic E-state index is 10.8. The summed E-state index contributed by atoms with van der Waals surface area (Å²) in [5.74, 6) is -0.379. The molecule has 1 aromatic rings. The molecule has 1 aromatic heterocycles. The molecule has 2 amide bonds. The van der Waals surface area contributed by atoms with Gasteiger partial charge in [-0.25, -0.2) is 4.98 Å². The monoisotopic (exact) mass is 283 g/mol.